The lowest BCUT2D eigenvalue weighted by Crippen LogP contribution is -3.15. The molecule has 0 bridgehead atoms. The summed E-state index contributed by atoms with van der Waals surface area (Å²) in [5, 5.41) is 2.71. The van der Waals surface area contributed by atoms with E-state index in [0.29, 0.717) is 45.0 Å². The second-order valence-electron chi connectivity index (χ2n) is 7.15. The number of benzene rings is 2. The number of hydrogen-bond donors (Lipinski definition) is 2. The highest BCUT2D eigenvalue weighted by atomic mass is 19.1. The third-order valence-corrected chi connectivity index (χ3v) is 4.91. The molecule has 6 nitrogen and oxygen atoms in total. The molecule has 2 amide bonds. The van der Waals surface area contributed by atoms with Gasteiger partial charge in [0.25, 0.3) is 5.91 Å². The molecule has 0 spiro atoms. The molecule has 1 fully saturated rings. The van der Waals surface area contributed by atoms with Crippen molar-refractivity contribution in [1.29, 1.82) is 0 Å². The van der Waals surface area contributed by atoms with Crippen LogP contribution in [0.4, 0.5) is 10.1 Å². The Hall–Kier alpha value is -3.19. The fraction of sp³-hybridized carbons (Fsp3) is 0.304. The van der Waals surface area contributed by atoms with Gasteiger partial charge in [0, 0.05) is 11.8 Å². The van der Waals surface area contributed by atoms with Crippen LogP contribution in [0.5, 0.6) is 5.75 Å². The van der Waals surface area contributed by atoms with Gasteiger partial charge in [-0.25, -0.2) is 4.39 Å². The molecule has 1 saturated heterocycles. The third kappa shape index (κ3) is 6.42. The van der Waals surface area contributed by atoms with Crippen molar-refractivity contribution in [1.82, 2.24) is 4.90 Å². The molecule has 158 valence electrons. The standard InChI is InChI=1S/C23H26FN3O3/c1-2-30-21-9-6-18(7-10-21)8-11-23(29)27-14-12-26(13-15-27)17-22(28)25-20-5-3-4-19(24)16-20/h3-11,16H,2,12-15,17H2,1H3,(H,25,28)/p+1/b11-8+. The van der Waals surface area contributed by atoms with Gasteiger partial charge in [-0.3, -0.25) is 9.59 Å². The van der Waals surface area contributed by atoms with Gasteiger partial charge in [-0.15, -0.1) is 0 Å². The van der Waals surface area contributed by atoms with E-state index in [1.54, 1.807) is 29.2 Å². The quantitative estimate of drug-likeness (QED) is 0.679. The molecule has 3 rings (SSSR count). The summed E-state index contributed by atoms with van der Waals surface area (Å²) in [5.41, 5.74) is 1.39. The monoisotopic (exact) mass is 412 g/mol. The Morgan fingerprint density at radius 1 is 1.17 bits per heavy atom. The molecule has 30 heavy (non-hydrogen) atoms. The summed E-state index contributed by atoms with van der Waals surface area (Å²) in [5.74, 6) is 0.227. The first-order valence-corrected chi connectivity index (χ1v) is 10.1. The molecular formula is C23H27FN3O3+. The summed E-state index contributed by atoms with van der Waals surface area (Å²) in [6, 6.07) is 13.4. The van der Waals surface area contributed by atoms with Gasteiger partial charge in [-0.1, -0.05) is 18.2 Å². The van der Waals surface area contributed by atoms with Crippen LogP contribution in [0, 0.1) is 5.82 Å². The first-order chi connectivity index (χ1) is 14.5. The maximum Gasteiger partial charge on any atom is 0.279 e. The van der Waals surface area contributed by atoms with Crippen molar-refractivity contribution in [2.24, 2.45) is 0 Å². The minimum absolute atomic E-state index is 0.0350. The van der Waals surface area contributed by atoms with Crippen molar-refractivity contribution in [3.63, 3.8) is 0 Å². The van der Waals surface area contributed by atoms with Crippen LogP contribution in [0.3, 0.4) is 0 Å². The summed E-state index contributed by atoms with van der Waals surface area (Å²) < 4.78 is 18.6. The van der Waals surface area contributed by atoms with Crippen molar-refractivity contribution in [2.45, 2.75) is 6.92 Å². The lowest BCUT2D eigenvalue weighted by atomic mass is 10.2. The summed E-state index contributed by atoms with van der Waals surface area (Å²) in [6.07, 6.45) is 3.38. The van der Waals surface area contributed by atoms with Crippen molar-refractivity contribution < 1.29 is 23.6 Å². The van der Waals surface area contributed by atoms with Crippen LogP contribution < -0.4 is 15.0 Å². The summed E-state index contributed by atoms with van der Waals surface area (Å²) in [7, 11) is 0. The van der Waals surface area contributed by atoms with E-state index in [-0.39, 0.29) is 17.6 Å². The Morgan fingerprint density at radius 3 is 2.57 bits per heavy atom. The van der Waals surface area contributed by atoms with Crippen LogP contribution in [0.2, 0.25) is 0 Å². The zero-order chi connectivity index (χ0) is 21.3. The zero-order valence-electron chi connectivity index (χ0n) is 17.1. The average Bonchev–Trinajstić information content (AvgIpc) is 2.74. The smallest absolute Gasteiger partial charge is 0.279 e. The number of piperazine rings is 1. The van der Waals surface area contributed by atoms with Crippen LogP contribution in [-0.2, 0) is 9.59 Å². The number of rotatable bonds is 7. The maximum absolute atomic E-state index is 13.2. The van der Waals surface area contributed by atoms with Crippen LogP contribution in [0.1, 0.15) is 12.5 Å². The molecule has 0 saturated carbocycles. The Labute approximate surface area is 175 Å². The predicted octanol–water partition coefficient (Wildman–Crippen LogP) is 1.60. The number of ether oxygens (including phenoxy) is 1. The molecule has 7 heteroatoms. The molecule has 2 aromatic carbocycles. The van der Waals surface area contributed by atoms with E-state index < -0.39 is 0 Å². The fourth-order valence-corrected chi connectivity index (χ4v) is 3.33. The van der Waals surface area contributed by atoms with Gasteiger partial charge in [0.2, 0.25) is 5.91 Å². The normalized spacial score (nSPS) is 14.7. The zero-order valence-corrected chi connectivity index (χ0v) is 17.1. The van der Waals surface area contributed by atoms with E-state index in [1.165, 1.54) is 12.1 Å². The topological polar surface area (TPSA) is 63.1 Å². The minimum Gasteiger partial charge on any atom is -0.494 e. The van der Waals surface area contributed by atoms with E-state index in [9.17, 15) is 14.0 Å². The number of carbonyl (C=O) groups excluding carboxylic acids is 2. The number of anilines is 1. The summed E-state index contributed by atoms with van der Waals surface area (Å²) >= 11 is 0. The van der Waals surface area contributed by atoms with Crippen molar-refractivity contribution in [3.05, 3.63) is 66.0 Å². The molecule has 1 aliphatic heterocycles. The maximum atomic E-state index is 13.2. The minimum atomic E-state index is -0.384. The number of nitrogens with zero attached hydrogens (tertiary/aromatic N) is 1. The number of nitrogens with one attached hydrogen (secondary N) is 2. The molecule has 0 aliphatic carbocycles. The third-order valence-electron chi connectivity index (χ3n) is 4.91. The second-order valence-corrected chi connectivity index (χ2v) is 7.15. The number of carbonyl (C=O) groups is 2. The number of quaternary nitrogens is 1. The van der Waals surface area contributed by atoms with E-state index in [0.717, 1.165) is 16.2 Å². The van der Waals surface area contributed by atoms with Crippen LogP contribution in [0.15, 0.2) is 54.6 Å². The van der Waals surface area contributed by atoms with Crippen molar-refractivity contribution >= 4 is 23.6 Å². The second kappa shape index (κ2) is 10.5. The molecule has 0 radical (unpaired) electrons. The molecule has 0 atom stereocenters. The molecular weight excluding hydrogens is 385 g/mol. The highest BCUT2D eigenvalue weighted by molar-refractivity contribution is 5.92. The molecule has 2 aromatic rings. The van der Waals surface area contributed by atoms with Crippen LogP contribution >= 0.6 is 0 Å². The van der Waals surface area contributed by atoms with Gasteiger partial charge in [0.15, 0.2) is 6.54 Å². The van der Waals surface area contributed by atoms with Gasteiger partial charge < -0.3 is 19.9 Å². The first kappa shape index (κ1) is 21.5. The van der Waals surface area contributed by atoms with E-state index in [2.05, 4.69) is 5.32 Å². The molecule has 2 N–H and O–H groups in total. The summed E-state index contributed by atoms with van der Waals surface area (Å²) in [6.45, 7) is 5.42. The van der Waals surface area contributed by atoms with Gasteiger partial charge >= 0.3 is 0 Å². The highest BCUT2D eigenvalue weighted by Crippen LogP contribution is 2.13. The SMILES string of the molecule is CCOc1ccc(/C=C/C(=O)N2CC[NH+](CC(=O)Nc3cccc(F)c3)CC2)cc1. The average molecular weight is 412 g/mol. The lowest BCUT2D eigenvalue weighted by Gasteiger charge is -2.31. The van der Waals surface area contributed by atoms with Crippen molar-refractivity contribution in [3.8, 4) is 5.75 Å². The first-order valence-electron chi connectivity index (χ1n) is 10.1. The Bertz CT molecular complexity index is 891. The highest BCUT2D eigenvalue weighted by Gasteiger charge is 2.24. The van der Waals surface area contributed by atoms with E-state index >= 15 is 0 Å². The number of halogens is 1. The molecule has 1 aliphatic rings. The van der Waals surface area contributed by atoms with Gasteiger partial charge in [0.1, 0.15) is 11.6 Å². The van der Waals surface area contributed by atoms with E-state index in [1.807, 2.05) is 31.2 Å². The Balaban J connectivity index is 1.43. The van der Waals surface area contributed by atoms with Crippen LogP contribution in [0.25, 0.3) is 6.08 Å². The van der Waals surface area contributed by atoms with E-state index in [4.69, 9.17) is 4.74 Å². The molecule has 1 heterocycles. The summed E-state index contributed by atoms with van der Waals surface area (Å²) in [4.78, 5) is 27.5. The Kier molecular flexibility index (Phi) is 7.57. The van der Waals surface area contributed by atoms with Crippen LogP contribution in [-0.4, -0.2) is 56.0 Å². The Morgan fingerprint density at radius 2 is 1.90 bits per heavy atom. The van der Waals surface area contributed by atoms with Gasteiger partial charge in [-0.2, -0.15) is 0 Å². The predicted molar refractivity (Wildman–Crippen MR) is 114 cm³/mol. The largest absolute Gasteiger partial charge is 0.494 e. The number of amides is 2. The van der Waals surface area contributed by atoms with Crippen molar-refractivity contribution in [2.75, 3.05) is 44.6 Å². The van der Waals surface area contributed by atoms with Gasteiger partial charge in [-0.05, 0) is 48.9 Å². The molecule has 0 unspecified atom stereocenters. The fourth-order valence-electron chi connectivity index (χ4n) is 3.33. The number of hydrogen-bond acceptors (Lipinski definition) is 3. The lowest BCUT2D eigenvalue weighted by molar-refractivity contribution is -0.895. The molecule has 0 aromatic heterocycles. The van der Waals surface area contributed by atoms with Gasteiger partial charge in [0.05, 0.1) is 32.8 Å².